The van der Waals surface area contributed by atoms with Gasteiger partial charge in [-0.25, -0.2) is 0 Å². The maximum atomic E-state index is 10.9. The van der Waals surface area contributed by atoms with Crippen molar-refractivity contribution in [2.24, 2.45) is 0 Å². The number of carbonyl (C=O) groups excluding carboxylic acids is 1. The molecule has 58 valence electrons. The van der Waals surface area contributed by atoms with E-state index in [0.717, 1.165) is 23.7 Å². The van der Waals surface area contributed by atoms with Gasteiger partial charge in [0, 0.05) is 12.8 Å². The molecule has 10 heavy (non-hydrogen) atoms. The summed E-state index contributed by atoms with van der Waals surface area (Å²) in [7, 11) is 0. The number of alkyl halides is 1. The van der Waals surface area contributed by atoms with Crippen LogP contribution in [0.2, 0.25) is 0 Å². The number of rotatable bonds is 6. The molecular weight excluding hydrogens is 239 g/mol. The Bertz CT molecular complexity index is 110. The van der Waals surface area contributed by atoms with Crippen molar-refractivity contribution in [3.8, 4) is 0 Å². The number of ketones is 1. The van der Waals surface area contributed by atoms with E-state index >= 15 is 0 Å². The minimum absolute atomic E-state index is 0.372. The van der Waals surface area contributed by atoms with Gasteiger partial charge in [0.05, 0.1) is 0 Å². The lowest BCUT2D eigenvalue weighted by Gasteiger charge is -1.94. The Labute approximate surface area is 76.0 Å². The number of carbonyl (C=O) groups is 1. The van der Waals surface area contributed by atoms with Crippen LogP contribution in [0, 0.1) is 0 Å². The molecule has 0 bridgehead atoms. The summed E-state index contributed by atoms with van der Waals surface area (Å²) >= 11 is 2.29. The van der Waals surface area contributed by atoms with E-state index < -0.39 is 0 Å². The minimum atomic E-state index is 0.372. The van der Waals surface area contributed by atoms with Crippen LogP contribution in [0.15, 0.2) is 12.7 Å². The van der Waals surface area contributed by atoms with Gasteiger partial charge in [0.2, 0.25) is 0 Å². The SMILES string of the molecule is C=CCCC(=O)CCCI. The third-order valence-corrected chi connectivity index (χ3v) is 1.98. The topological polar surface area (TPSA) is 17.1 Å². The maximum Gasteiger partial charge on any atom is 0.133 e. The Kier molecular flexibility index (Phi) is 7.35. The van der Waals surface area contributed by atoms with E-state index in [1.165, 1.54) is 0 Å². The smallest absolute Gasteiger partial charge is 0.133 e. The highest BCUT2D eigenvalue weighted by molar-refractivity contribution is 14.1. The first-order valence-electron chi connectivity index (χ1n) is 3.49. The van der Waals surface area contributed by atoms with Crippen molar-refractivity contribution in [1.82, 2.24) is 0 Å². The van der Waals surface area contributed by atoms with E-state index in [9.17, 15) is 4.79 Å². The van der Waals surface area contributed by atoms with E-state index in [1.807, 2.05) is 0 Å². The standard InChI is InChI=1S/C8H13IO/c1-2-3-5-8(10)6-4-7-9/h2H,1,3-7H2. The van der Waals surface area contributed by atoms with Gasteiger partial charge in [-0.15, -0.1) is 6.58 Å². The number of Topliss-reactive ketones (excluding diaryl/α,β-unsaturated/α-hetero) is 1. The molecule has 2 heteroatoms. The van der Waals surface area contributed by atoms with Gasteiger partial charge in [-0.2, -0.15) is 0 Å². The maximum absolute atomic E-state index is 10.9. The lowest BCUT2D eigenvalue weighted by Crippen LogP contribution is -1.96. The van der Waals surface area contributed by atoms with Crippen molar-refractivity contribution in [2.45, 2.75) is 25.7 Å². The number of halogens is 1. The van der Waals surface area contributed by atoms with E-state index in [1.54, 1.807) is 6.08 Å². The molecule has 0 aromatic heterocycles. The molecule has 0 rings (SSSR count). The molecule has 0 atom stereocenters. The van der Waals surface area contributed by atoms with Crippen molar-refractivity contribution in [2.75, 3.05) is 4.43 Å². The summed E-state index contributed by atoms with van der Waals surface area (Å²) in [6.07, 6.45) is 5.08. The molecule has 0 saturated carbocycles. The van der Waals surface area contributed by atoms with Gasteiger partial charge in [-0.3, -0.25) is 4.79 Å². The molecule has 0 unspecified atom stereocenters. The Morgan fingerprint density at radius 2 is 2.20 bits per heavy atom. The quantitative estimate of drug-likeness (QED) is 0.403. The third-order valence-electron chi connectivity index (χ3n) is 1.22. The van der Waals surface area contributed by atoms with Crippen molar-refractivity contribution in [1.29, 1.82) is 0 Å². The van der Waals surface area contributed by atoms with Crippen LogP contribution in [0.25, 0.3) is 0 Å². The van der Waals surface area contributed by atoms with Crippen LogP contribution >= 0.6 is 22.6 Å². The molecule has 0 fully saturated rings. The summed E-state index contributed by atoms with van der Waals surface area (Å²) in [6, 6.07) is 0. The Morgan fingerprint density at radius 1 is 1.50 bits per heavy atom. The third kappa shape index (κ3) is 6.26. The predicted octanol–water partition coefficient (Wildman–Crippen LogP) is 2.74. The van der Waals surface area contributed by atoms with Crippen LogP contribution in [0.4, 0.5) is 0 Å². The highest BCUT2D eigenvalue weighted by Gasteiger charge is 1.97. The molecule has 0 spiro atoms. The highest BCUT2D eigenvalue weighted by Crippen LogP contribution is 2.00. The van der Waals surface area contributed by atoms with Crippen LogP contribution < -0.4 is 0 Å². The average Bonchev–Trinajstić information content (AvgIpc) is 1.97. The second kappa shape index (κ2) is 7.25. The van der Waals surface area contributed by atoms with Crippen molar-refractivity contribution in [3.63, 3.8) is 0 Å². The van der Waals surface area contributed by atoms with Crippen molar-refractivity contribution in [3.05, 3.63) is 12.7 Å². The molecule has 0 amide bonds. The van der Waals surface area contributed by atoms with Gasteiger partial charge in [0.1, 0.15) is 5.78 Å². The van der Waals surface area contributed by atoms with E-state index in [2.05, 4.69) is 29.2 Å². The van der Waals surface area contributed by atoms with Gasteiger partial charge < -0.3 is 0 Å². The van der Waals surface area contributed by atoms with E-state index in [4.69, 9.17) is 0 Å². The average molecular weight is 252 g/mol. The lowest BCUT2D eigenvalue weighted by molar-refractivity contribution is -0.119. The van der Waals surface area contributed by atoms with E-state index in [0.29, 0.717) is 12.2 Å². The molecule has 0 radical (unpaired) electrons. The molecule has 0 aromatic rings. The Balaban J connectivity index is 3.16. The number of hydrogen-bond donors (Lipinski definition) is 0. The van der Waals surface area contributed by atoms with Gasteiger partial charge in [0.25, 0.3) is 0 Å². The minimum Gasteiger partial charge on any atom is -0.300 e. The molecule has 0 aliphatic carbocycles. The van der Waals surface area contributed by atoms with Gasteiger partial charge in [-0.1, -0.05) is 28.7 Å². The number of hydrogen-bond acceptors (Lipinski definition) is 1. The molecular formula is C8H13IO. The molecule has 0 saturated heterocycles. The molecule has 0 aromatic carbocycles. The summed E-state index contributed by atoms with van der Waals surface area (Å²) in [4.78, 5) is 10.9. The van der Waals surface area contributed by atoms with Gasteiger partial charge >= 0.3 is 0 Å². The number of allylic oxidation sites excluding steroid dienone is 1. The summed E-state index contributed by atoms with van der Waals surface area (Å²) in [5.74, 6) is 0.372. The van der Waals surface area contributed by atoms with E-state index in [-0.39, 0.29) is 0 Å². The van der Waals surface area contributed by atoms with Crippen molar-refractivity contribution >= 4 is 28.4 Å². The first-order chi connectivity index (χ1) is 4.81. The molecule has 0 N–H and O–H groups in total. The van der Waals surface area contributed by atoms with Crippen molar-refractivity contribution < 1.29 is 4.79 Å². The largest absolute Gasteiger partial charge is 0.300 e. The molecule has 0 heterocycles. The first kappa shape index (κ1) is 10.1. The fraction of sp³-hybridized carbons (Fsp3) is 0.625. The fourth-order valence-corrected chi connectivity index (χ4v) is 1.03. The second-order valence-corrected chi connectivity index (χ2v) is 3.24. The monoisotopic (exact) mass is 252 g/mol. The Hall–Kier alpha value is 0.140. The van der Waals surface area contributed by atoms with Gasteiger partial charge in [-0.05, 0) is 17.3 Å². The summed E-state index contributed by atoms with van der Waals surface area (Å²) in [5, 5.41) is 0. The van der Waals surface area contributed by atoms with Crippen LogP contribution in [0.5, 0.6) is 0 Å². The zero-order chi connectivity index (χ0) is 7.82. The normalized spacial score (nSPS) is 9.30. The van der Waals surface area contributed by atoms with Crippen LogP contribution in [-0.4, -0.2) is 10.2 Å². The molecule has 0 aliphatic rings. The zero-order valence-corrected chi connectivity index (χ0v) is 8.26. The summed E-state index contributed by atoms with van der Waals surface area (Å²) in [5.41, 5.74) is 0. The lowest BCUT2D eigenvalue weighted by atomic mass is 10.1. The molecule has 1 nitrogen and oxygen atoms in total. The first-order valence-corrected chi connectivity index (χ1v) is 5.02. The van der Waals surface area contributed by atoms with Crippen LogP contribution in [0.1, 0.15) is 25.7 Å². The summed E-state index contributed by atoms with van der Waals surface area (Å²) < 4.78 is 1.08. The van der Waals surface area contributed by atoms with Gasteiger partial charge in [0.15, 0.2) is 0 Å². The Morgan fingerprint density at radius 3 is 2.70 bits per heavy atom. The highest BCUT2D eigenvalue weighted by atomic mass is 127. The van der Waals surface area contributed by atoms with Crippen LogP contribution in [0.3, 0.4) is 0 Å². The second-order valence-electron chi connectivity index (χ2n) is 2.16. The zero-order valence-electron chi connectivity index (χ0n) is 6.11. The predicted molar refractivity (Wildman–Crippen MR) is 52.6 cm³/mol. The summed E-state index contributed by atoms with van der Waals surface area (Å²) in [6.45, 7) is 3.56. The molecule has 0 aliphatic heterocycles. The van der Waals surface area contributed by atoms with Crippen LogP contribution in [-0.2, 0) is 4.79 Å². The fourth-order valence-electron chi connectivity index (χ4n) is 0.652.